The van der Waals surface area contributed by atoms with Gasteiger partial charge in [-0.3, -0.25) is 0 Å². The van der Waals surface area contributed by atoms with E-state index in [0.29, 0.717) is 59.0 Å². The van der Waals surface area contributed by atoms with Crippen LogP contribution in [0, 0.1) is 11.6 Å². The first-order chi connectivity index (χ1) is 25.6. The average molecular weight is 721 g/mol. The van der Waals surface area contributed by atoms with Crippen LogP contribution in [0.1, 0.15) is 52.1 Å². The quantitative estimate of drug-likeness (QED) is 0.144. The van der Waals surface area contributed by atoms with E-state index in [1.54, 1.807) is 24.4 Å². The number of hydrogen-bond acceptors (Lipinski definition) is 7. The molecule has 53 heavy (non-hydrogen) atoms. The van der Waals surface area contributed by atoms with Crippen molar-refractivity contribution in [2.75, 3.05) is 23.7 Å². The molecule has 2 aliphatic rings. The summed E-state index contributed by atoms with van der Waals surface area (Å²) in [7, 11) is 0. The second-order valence-corrected chi connectivity index (χ2v) is 13.3. The lowest BCUT2D eigenvalue weighted by molar-refractivity contribution is -0.115. The van der Waals surface area contributed by atoms with Crippen molar-refractivity contribution in [2.24, 2.45) is 0 Å². The predicted molar refractivity (Wildman–Crippen MR) is 192 cm³/mol. The molecular formula is C41H33F5N6O. The summed E-state index contributed by atoms with van der Waals surface area (Å²) < 4.78 is 75.1. The van der Waals surface area contributed by atoms with E-state index < -0.39 is 18.5 Å². The van der Waals surface area contributed by atoms with E-state index in [1.807, 2.05) is 67.6 Å². The van der Waals surface area contributed by atoms with Crippen LogP contribution in [0.3, 0.4) is 0 Å². The molecule has 3 atom stereocenters. The van der Waals surface area contributed by atoms with Gasteiger partial charge >= 0.3 is 6.18 Å². The van der Waals surface area contributed by atoms with Crippen LogP contribution >= 0.6 is 0 Å². The smallest absolute Gasteiger partial charge is 0.405 e. The van der Waals surface area contributed by atoms with E-state index in [2.05, 4.69) is 25.6 Å². The molecule has 268 valence electrons. The molecule has 2 aromatic heterocycles. The maximum atomic E-state index is 15.8. The summed E-state index contributed by atoms with van der Waals surface area (Å²) >= 11 is 0. The Kier molecular flexibility index (Phi) is 8.97. The zero-order valence-electron chi connectivity index (χ0n) is 28.5. The normalized spacial score (nSPS) is 16.4. The number of halogens is 5. The summed E-state index contributed by atoms with van der Waals surface area (Å²) in [6.45, 7) is 0.952. The highest BCUT2D eigenvalue weighted by molar-refractivity contribution is 5.73. The molecule has 0 saturated carbocycles. The van der Waals surface area contributed by atoms with Crippen molar-refractivity contribution in [2.45, 2.75) is 43.9 Å². The van der Waals surface area contributed by atoms with Crippen LogP contribution in [-0.4, -0.2) is 45.3 Å². The van der Waals surface area contributed by atoms with Gasteiger partial charge in [-0.25, -0.2) is 28.7 Å². The Bertz CT molecular complexity index is 2310. The van der Waals surface area contributed by atoms with Crippen LogP contribution in [0.5, 0.6) is 5.75 Å². The Balaban J connectivity index is 0.948. The van der Waals surface area contributed by atoms with Crippen LogP contribution in [0.2, 0.25) is 0 Å². The highest BCUT2D eigenvalue weighted by Crippen LogP contribution is 2.44. The van der Waals surface area contributed by atoms with Crippen LogP contribution in [0.15, 0.2) is 103 Å². The highest BCUT2D eigenvalue weighted by atomic mass is 19.4. The summed E-state index contributed by atoms with van der Waals surface area (Å²) in [5, 5.41) is 5.48. The zero-order chi connectivity index (χ0) is 36.7. The minimum absolute atomic E-state index is 0.121. The van der Waals surface area contributed by atoms with Crippen LogP contribution in [0.25, 0.3) is 22.5 Å². The molecule has 12 heteroatoms. The van der Waals surface area contributed by atoms with E-state index in [9.17, 15) is 17.6 Å². The third kappa shape index (κ3) is 7.01. The van der Waals surface area contributed by atoms with Gasteiger partial charge in [-0.2, -0.15) is 13.2 Å². The zero-order valence-corrected chi connectivity index (χ0v) is 28.5. The number of hydrogen-bond donors (Lipinski definition) is 2. The van der Waals surface area contributed by atoms with Gasteiger partial charge in [-0.1, -0.05) is 72.8 Å². The third-order valence-electron chi connectivity index (χ3n) is 9.72. The number of anilines is 2. The Morgan fingerprint density at radius 1 is 0.679 bits per heavy atom. The molecule has 6 aromatic rings. The van der Waals surface area contributed by atoms with Crippen molar-refractivity contribution < 1.29 is 26.7 Å². The lowest BCUT2D eigenvalue weighted by atomic mass is 9.78. The lowest BCUT2D eigenvalue weighted by Crippen LogP contribution is -2.24. The topological polar surface area (TPSA) is 84.9 Å². The number of nitrogens with one attached hydrogen (secondary N) is 2. The molecule has 8 rings (SSSR count). The second kappa shape index (κ2) is 13.9. The molecule has 2 heterocycles. The Labute approximate surface area is 302 Å². The first-order valence-corrected chi connectivity index (χ1v) is 17.3. The fourth-order valence-corrected chi connectivity index (χ4v) is 7.31. The Hall–Kier alpha value is -5.91. The van der Waals surface area contributed by atoms with Crippen LogP contribution in [0.4, 0.5) is 33.8 Å². The van der Waals surface area contributed by atoms with Gasteiger partial charge < -0.3 is 15.4 Å². The van der Waals surface area contributed by atoms with Gasteiger partial charge in [0, 0.05) is 41.4 Å². The van der Waals surface area contributed by atoms with E-state index in [-0.39, 0.29) is 29.7 Å². The van der Waals surface area contributed by atoms with Crippen molar-refractivity contribution >= 4 is 11.9 Å². The number of fused-ring (bicyclic) bond motifs is 6. The molecule has 7 nitrogen and oxygen atoms in total. The summed E-state index contributed by atoms with van der Waals surface area (Å²) in [6, 6.07) is 26.9. The summed E-state index contributed by atoms with van der Waals surface area (Å²) in [6.07, 6.45) is -0.556. The van der Waals surface area contributed by atoms with Gasteiger partial charge in [0.1, 0.15) is 30.0 Å². The van der Waals surface area contributed by atoms with Gasteiger partial charge in [-0.05, 0) is 65.3 Å². The molecule has 2 unspecified atom stereocenters. The number of alkyl halides is 3. The van der Waals surface area contributed by atoms with Gasteiger partial charge in [0.2, 0.25) is 11.9 Å². The SMILES string of the molecule is C[C@H](CNc1ncc2c(n1)-c1ccccc1C(c1ccccc1F)C2)Oc1ccc(C2Cc3cnc(NCC(F)(F)F)nc3-c3ccccc32)c(F)c1. The molecule has 0 bridgehead atoms. The summed E-state index contributed by atoms with van der Waals surface area (Å²) in [4.78, 5) is 17.8. The molecule has 2 aliphatic carbocycles. The van der Waals surface area contributed by atoms with Gasteiger partial charge in [0.25, 0.3) is 0 Å². The Morgan fingerprint density at radius 2 is 1.21 bits per heavy atom. The van der Waals surface area contributed by atoms with Crippen molar-refractivity contribution in [3.8, 4) is 28.3 Å². The monoisotopic (exact) mass is 720 g/mol. The molecule has 4 aromatic carbocycles. The predicted octanol–water partition coefficient (Wildman–Crippen LogP) is 9.11. The first kappa shape index (κ1) is 34.2. The number of ether oxygens (including phenoxy) is 1. The number of nitrogens with zero attached hydrogens (tertiary/aromatic N) is 4. The number of aromatic nitrogens is 4. The molecule has 0 spiro atoms. The highest BCUT2D eigenvalue weighted by Gasteiger charge is 2.32. The van der Waals surface area contributed by atoms with Gasteiger partial charge in [-0.15, -0.1) is 0 Å². The van der Waals surface area contributed by atoms with E-state index >= 15 is 4.39 Å². The molecule has 2 N–H and O–H groups in total. The van der Waals surface area contributed by atoms with Crippen molar-refractivity contribution in [3.05, 3.63) is 148 Å². The molecule has 0 aliphatic heterocycles. The van der Waals surface area contributed by atoms with Crippen LogP contribution in [-0.2, 0) is 12.8 Å². The fourth-order valence-electron chi connectivity index (χ4n) is 7.31. The van der Waals surface area contributed by atoms with Crippen molar-refractivity contribution in [1.29, 1.82) is 0 Å². The fraction of sp³-hybridized carbons (Fsp3) is 0.220. The minimum atomic E-state index is -4.41. The Morgan fingerprint density at radius 3 is 1.77 bits per heavy atom. The van der Waals surface area contributed by atoms with Crippen molar-refractivity contribution in [3.63, 3.8) is 0 Å². The lowest BCUT2D eigenvalue weighted by Gasteiger charge is -2.28. The summed E-state index contributed by atoms with van der Waals surface area (Å²) in [5.74, 6) is -0.539. The first-order valence-electron chi connectivity index (χ1n) is 17.3. The van der Waals surface area contributed by atoms with Gasteiger partial charge in [0.15, 0.2) is 0 Å². The average Bonchev–Trinajstić information content (AvgIpc) is 3.16. The molecule has 0 fully saturated rings. The van der Waals surface area contributed by atoms with E-state index in [1.165, 1.54) is 18.3 Å². The number of benzene rings is 4. The van der Waals surface area contributed by atoms with E-state index in [4.69, 9.17) is 9.72 Å². The largest absolute Gasteiger partial charge is 0.489 e. The van der Waals surface area contributed by atoms with Gasteiger partial charge in [0.05, 0.1) is 17.9 Å². The van der Waals surface area contributed by atoms with Crippen molar-refractivity contribution in [1.82, 2.24) is 19.9 Å². The standard InChI is InChI=1S/C41H33F5N6O/c1-23(19-47-39-48-20-24-16-33(29-10-6-7-13-35(29)42)27-8-2-4-11-31(27)37(24)51-39)53-26-14-15-30(36(43)18-26)34-17-25-21-49-40(50-22-41(44,45)46)52-38(25)32-12-5-3-9-28(32)34/h2-15,18,20-21,23,33-34H,16-17,19,22H2,1H3,(H,47,48,51)(H,49,50,52)/t23-,33?,34?/m1/s1. The second-order valence-electron chi connectivity index (χ2n) is 13.3. The maximum Gasteiger partial charge on any atom is 0.405 e. The minimum Gasteiger partial charge on any atom is -0.489 e. The van der Waals surface area contributed by atoms with E-state index in [0.717, 1.165) is 27.9 Å². The third-order valence-corrected chi connectivity index (χ3v) is 9.72. The molecular weight excluding hydrogens is 687 g/mol. The summed E-state index contributed by atoms with van der Waals surface area (Å²) in [5.41, 5.74) is 7.55. The molecule has 0 radical (unpaired) electrons. The molecule has 0 amide bonds. The van der Waals surface area contributed by atoms with Crippen LogP contribution < -0.4 is 15.4 Å². The number of rotatable bonds is 9. The molecule has 0 saturated heterocycles. The maximum absolute atomic E-state index is 15.8.